The molecule has 0 radical (unpaired) electrons. The number of aryl methyl sites for hydroxylation is 1. The van der Waals surface area contributed by atoms with E-state index in [4.69, 9.17) is 9.15 Å². The molecule has 14 heavy (non-hydrogen) atoms. The summed E-state index contributed by atoms with van der Waals surface area (Å²) >= 11 is 0. The van der Waals surface area contributed by atoms with Gasteiger partial charge in [0.25, 0.3) is 11.9 Å². The molecule has 0 unspecified atom stereocenters. The highest BCUT2D eigenvalue weighted by Gasteiger charge is 2.12. The van der Waals surface area contributed by atoms with Crippen molar-refractivity contribution in [2.45, 2.75) is 20.8 Å². The minimum atomic E-state index is -0.492. The van der Waals surface area contributed by atoms with Gasteiger partial charge in [0.2, 0.25) is 0 Å². The topological polar surface area (TPSA) is 65.7 Å². The molecule has 0 amide bonds. The van der Waals surface area contributed by atoms with Crippen molar-refractivity contribution in [3.63, 3.8) is 0 Å². The molecule has 0 aromatic carbocycles. The van der Waals surface area contributed by atoms with Gasteiger partial charge in [-0.2, -0.15) is 0 Å². The quantitative estimate of drug-likeness (QED) is 0.672. The molecule has 5 nitrogen and oxygen atoms in total. The zero-order chi connectivity index (χ0) is 10.7. The first-order valence-corrected chi connectivity index (χ1v) is 3.96. The lowest BCUT2D eigenvalue weighted by atomic mass is 10.4. The van der Waals surface area contributed by atoms with Crippen LogP contribution in [0.15, 0.2) is 10.5 Å². The summed E-state index contributed by atoms with van der Waals surface area (Å²) in [7, 11) is 0. The van der Waals surface area contributed by atoms with E-state index in [0.29, 0.717) is 5.56 Å². The molecular weight excluding hydrogens is 188 g/mol. The van der Waals surface area contributed by atoms with Crippen molar-refractivity contribution in [2.75, 3.05) is 0 Å². The first-order valence-electron chi connectivity index (χ1n) is 3.96. The highest BCUT2D eigenvalue weighted by molar-refractivity contribution is 5.70. The minimum absolute atomic E-state index is 0.0197. The summed E-state index contributed by atoms with van der Waals surface area (Å²) in [6, 6.07) is 1.47. The maximum Gasteiger partial charge on any atom is 0.310 e. The number of rotatable bonds is 2. The third-order valence-corrected chi connectivity index (χ3v) is 1.33. The lowest BCUT2D eigenvalue weighted by Gasteiger charge is -1.96. The van der Waals surface area contributed by atoms with Crippen LogP contribution >= 0.6 is 0 Å². The van der Waals surface area contributed by atoms with E-state index in [9.17, 15) is 9.59 Å². The predicted octanol–water partition coefficient (Wildman–Crippen LogP) is 1.44. The van der Waals surface area contributed by atoms with Crippen LogP contribution in [0.5, 0.6) is 11.9 Å². The Hall–Kier alpha value is -1.78. The molecule has 0 atom stereocenters. The Labute approximate surface area is 80.6 Å². The maximum absolute atomic E-state index is 10.6. The second-order valence-electron chi connectivity index (χ2n) is 2.72. The van der Waals surface area contributed by atoms with Gasteiger partial charge >= 0.3 is 11.9 Å². The largest absolute Gasteiger partial charge is 0.393 e. The van der Waals surface area contributed by atoms with Gasteiger partial charge < -0.3 is 13.9 Å². The van der Waals surface area contributed by atoms with Gasteiger partial charge in [0.1, 0.15) is 0 Å². The lowest BCUT2D eigenvalue weighted by Crippen LogP contribution is -2.01. The number of hydrogen-bond acceptors (Lipinski definition) is 5. The number of carbonyl (C=O) groups excluding carboxylic acids is 2. The molecule has 0 aliphatic carbocycles. The summed E-state index contributed by atoms with van der Waals surface area (Å²) in [6.45, 7) is 4.19. The van der Waals surface area contributed by atoms with Gasteiger partial charge in [-0.05, 0) is 6.92 Å². The van der Waals surface area contributed by atoms with Crippen LogP contribution in [0.2, 0.25) is 0 Å². The van der Waals surface area contributed by atoms with Gasteiger partial charge in [-0.1, -0.05) is 0 Å². The maximum atomic E-state index is 10.6. The van der Waals surface area contributed by atoms with Gasteiger partial charge in [0.05, 0.1) is 0 Å². The summed E-state index contributed by atoms with van der Waals surface area (Å²) in [6.07, 6.45) is 0. The Morgan fingerprint density at radius 1 is 1.21 bits per heavy atom. The first kappa shape index (κ1) is 10.3. The average molecular weight is 198 g/mol. The third-order valence-electron chi connectivity index (χ3n) is 1.33. The van der Waals surface area contributed by atoms with E-state index >= 15 is 0 Å². The van der Waals surface area contributed by atoms with Crippen LogP contribution < -0.4 is 9.47 Å². The Balaban J connectivity index is 2.81. The van der Waals surface area contributed by atoms with Crippen molar-refractivity contribution < 1.29 is 23.5 Å². The Kier molecular flexibility index (Phi) is 2.91. The zero-order valence-electron chi connectivity index (χ0n) is 8.12. The van der Waals surface area contributed by atoms with Crippen molar-refractivity contribution in [2.24, 2.45) is 0 Å². The number of hydrogen-bond donors (Lipinski definition) is 0. The summed E-state index contributed by atoms with van der Waals surface area (Å²) in [5, 5.41) is 0. The van der Waals surface area contributed by atoms with E-state index in [2.05, 4.69) is 4.74 Å². The van der Waals surface area contributed by atoms with E-state index in [1.807, 2.05) is 0 Å². The fraction of sp³-hybridized carbons (Fsp3) is 0.333. The molecule has 0 fully saturated rings. The second-order valence-corrected chi connectivity index (χ2v) is 2.72. The van der Waals surface area contributed by atoms with Crippen LogP contribution in [0.4, 0.5) is 0 Å². The fourth-order valence-electron chi connectivity index (χ4n) is 0.861. The average Bonchev–Trinajstić information content (AvgIpc) is 2.28. The predicted molar refractivity (Wildman–Crippen MR) is 46.1 cm³/mol. The molecule has 0 N–H and O–H groups in total. The molecule has 0 spiro atoms. The van der Waals surface area contributed by atoms with Crippen LogP contribution in [0.1, 0.15) is 19.4 Å². The number of esters is 2. The fourth-order valence-corrected chi connectivity index (χ4v) is 0.861. The van der Waals surface area contributed by atoms with E-state index in [1.165, 1.54) is 19.9 Å². The van der Waals surface area contributed by atoms with E-state index in [1.54, 1.807) is 6.92 Å². The second kappa shape index (κ2) is 3.95. The molecule has 1 aromatic heterocycles. The highest BCUT2D eigenvalue weighted by atomic mass is 16.7. The molecule has 1 aromatic rings. The normalized spacial score (nSPS) is 9.64. The van der Waals surface area contributed by atoms with Crippen molar-refractivity contribution >= 4 is 11.9 Å². The monoisotopic (exact) mass is 198 g/mol. The summed E-state index contributed by atoms with van der Waals surface area (Å²) in [5.41, 5.74) is 0.594. The van der Waals surface area contributed by atoms with Crippen LogP contribution in [0, 0.1) is 6.92 Å². The molecule has 5 heteroatoms. The van der Waals surface area contributed by atoms with Gasteiger partial charge in [-0.3, -0.25) is 9.59 Å². The smallest absolute Gasteiger partial charge is 0.310 e. The SMILES string of the molecule is CC(=O)Oc1cc(C)c(OC(C)=O)o1. The molecular formula is C9H10O5. The van der Waals surface area contributed by atoms with Gasteiger partial charge in [0.15, 0.2) is 0 Å². The lowest BCUT2D eigenvalue weighted by molar-refractivity contribution is -0.133. The Morgan fingerprint density at radius 2 is 1.79 bits per heavy atom. The van der Waals surface area contributed by atoms with E-state index in [0.717, 1.165) is 0 Å². The van der Waals surface area contributed by atoms with Crippen LogP contribution in [0.25, 0.3) is 0 Å². The van der Waals surface area contributed by atoms with E-state index < -0.39 is 11.9 Å². The van der Waals surface area contributed by atoms with Crippen LogP contribution in [0.3, 0.4) is 0 Å². The molecule has 0 bridgehead atoms. The first-order chi connectivity index (χ1) is 6.49. The highest BCUT2D eigenvalue weighted by Crippen LogP contribution is 2.28. The van der Waals surface area contributed by atoms with Gasteiger partial charge in [-0.15, -0.1) is 0 Å². The number of carbonyl (C=O) groups is 2. The van der Waals surface area contributed by atoms with Gasteiger partial charge in [0, 0.05) is 25.5 Å². The summed E-state index contributed by atoms with van der Waals surface area (Å²) in [5.74, 6) is -0.912. The molecule has 0 aliphatic heterocycles. The van der Waals surface area contributed by atoms with Crippen molar-refractivity contribution in [1.29, 1.82) is 0 Å². The Bertz CT molecular complexity index is 363. The summed E-state index contributed by atoms with van der Waals surface area (Å²) < 4.78 is 14.3. The molecule has 1 rings (SSSR count). The summed E-state index contributed by atoms with van der Waals surface area (Å²) in [4.78, 5) is 21.2. The molecule has 0 saturated carbocycles. The zero-order valence-corrected chi connectivity index (χ0v) is 8.12. The molecule has 0 saturated heterocycles. The standard InChI is InChI=1S/C9H10O5/c1-5-4-8(12-6(2)10)14-9(5)13-7(3)11/h4H,1-3H3. The van der Waals surface area contributed by atoms with Crippen molar-refractivity contribution in [1.82, 2.24) is 0 Å². The van der Waals surface area contributed by atoms with Crippen LogP contribution in [-0.4, -0.2) is 11.9 Å². The number of ether oxygens (including phenoxy) is 2. The van der Waals surface area contributed by atoms with Gasteiger partial charge in [-0.25, -0.2) is 0 Å². The molecule has 76 valence electrons. The number of furan rings is 1. The van der Waals surface area contributed by atoms with Crippen molar-refractivity contribution in [3.05, 3.63) is 11.6 Å². The molecule has 0 aliphatic rings. The minimum Gasteiger partial charge on any atom is -0.393 e. The third kappa shape index (κ3) is 2.62. The van der Waals surface area contributed by atoms with Crippen LogP contribution in [-0.2, 0) is 9.59 Å². The Morgan fingerprint density at radius 3 is 2.29 bits per heavy atom. The molecule has 1 heterocycles. The van der Waals surface area contributed by atoms with E-state index in [-0.39, 0.29) is 11.9 Å². The van der Waals surface area contributed by atoms with Crippen molar-refractivity contribution in [3.8, 4) is 11.9 Å².